The van der Waals surface area contributed by atoms with Gasteiger partial charge in [-0.2, -0.15) is 5.10 Å². The Kier molecular flexibility index (Phi) is 3.62. The molecule has 0 radical (unpaired) electrons. The van der Waals surface area contributed by atoms with Gasteiger partial charge in [0.05, 0.1) is 17.4 Å². The highest BCUT2D eigenvalue weighted by atomic mass is 32.1. The number of hydrogen-bond acceptors (Lipinski definition) is 4. The number of aryl methyl sites for hydroxylation is 1. The van der Waals surface area contributed by atoms with E-state index in [1.165, 1.54) is 11.3 Å². The lowest BCUT2D eigenvalue weighted by Crippen LogP contribution is -2.17. The average Bonchev–Trinajstić information content (AvgIpc) is 2.77. The third-order valence-corrected chi connectivity index (χ3v) is 3.06. The van der Waals surface area contributed by atoms with E-state index in [1.807, 2.05) is 30.3 Å². The second-order valence-corrected chi connectivity index (χ2v) is 4.23. The zero-order chi connectivity index (χ0) is 12.1. The van der Waals surface area contributed by atoms with E-state index in [9.17, 15) is 4.79 Å². The minimum atomic E-state index is -0.225. The molecular formula is C12H11N3OS. The van der Waals surface area contributed by atoms with E-state index in [1.54, 1.807) is 18.6 Å². The number of thiazole rings is 1. The second kappa shape index (κ2) is 5.36. The van der Waals surface area contributed by atoms with E-state index in [0.29, 0.717) is 4.88 Å². The quantitative estimate of drug-likeness (QED) is 0.666. The topological polar surface area (TPSA) is 54.4 Å². The molecule has 0 saturated carbocycles. The molecule has 17 heavy (non-hydrogen) atoms. The summed E-state index contributed by atoms with van der Waals surface area (Å²) in [6.45, 7) is 1.80. The maximum absolute atomic E-state index is 11.7. The van der Waals surface area contributed by atoms with Gasteiger partial charge in [-0.1, -0.05) is 30.3 Å². The minimum absolute atomic E-state index is 0.225. The van der Waals surface area contributed by atoms with Crippen LogP contribution in [0.4, 0.5) is 0 Å². The summed E-state index contributed by atoms with van der Waals surface area (Å²) in [6.07, 6.45) is 1.61. The number of benzene rings is 1. The Morgan fingerprint density at radius 1 is 1.41 bits per heavy atom. The summed E-state index contributed by atoms with van der Waals surface area (Å²) in [7, 11) is 0. The smallest absolute Gasteiger partial charge is 0.266 e. The molecule has 0 aliphatic carbocycles. The molecule has 5 heteroatoms. The SMILES string of the molecule is Cc1ncsc1C(=O)N/N=C/c1ccccc1. The molecule has 2 rings (SSSR count). The van der Waals surface area contributed by atoms with Crippen LogP contribution < -0.4 is 5.43 Å². The molecular weight excluding hydrogens is 234 g/mol. The van der Waals surface area contributed by atoms with Gasteiger partial charge in [0.25, 0.3) is 5.91 Å². The van der Waals surface area contributed by atoms with E-state index in [0.717, 1.165) is 11.3 Å². The fourth-order valence-corrected chi connectivity index (χ4v) is 1.97. The van der Waals surface area contributed by atoms with Crippen LogP contribution in [-0.2, 0) is 0 Å². The van der Waals surface area contributed by atoms with Crippen molar-refractivity contribution in [3.8, 4) is 0 Å². The van der Waals surface area contributed by atoms with Gasteiger partial charge in [-0.3, -0.25) is 4.79 Å². The van der Waals surface area contributed by atoms with Crippen molar-refractivity contribution < 1.29 is 4.79 Å². The lowest BCUT2D eigenvalue weighted by molar-refractivity contribution is 0.0958. The molecule has 1 amide bonds. The Morgan fingerprint density at radius 2 is 2.18 bits per heavy atom. The maximum atomic E-state index is 11.7. The van der Waals surface area contributed by atoms with Crippen LogP contribution in [0.2, 0.25) is 0 Å². The van der Waals surface area contributed by atoms with Crippen LogP contribution in [-0.4, -0.2) is 17.1 Å². The Balaban J connectivity index is 1.98. The summed E-state index contributed by atoms with van der Waals surface area (Å²) in [4.78, 5) is 16.3. The number of hydrogen-bond donors (Lipinski definition) is 1. The molecule has 2 aromatic rings. The zero-order valence-corrected chi connectivity index (χ0v) is 10.1. The predicted molar refractivity (Wildman–Crippen MR) is 68.4 cm³/mol. The molecule has 0 fully saturated rings. The van der Waals surface area contributed by atoms with Gasteiger partial charge in [0, 0.05) is 0 Å². The van der Waals surface area contributed by atoms with Crippen LogP contribution in [0, 0.1) is 6.92 Å². The van der Waals surface area contributed by atoms with Crippen LogP contribution in [0.25, 0.3) is 0 Å². The molecule has 0 bridgehead atoms. The Morgan fingerprint density at radius 3 is 2.82 bits per heavy atom. The number of nitrogens with zero attached hydrogens (tertiary/aromatic N) is 2. The lowest BCUT2D eigenvalue weighted by atomic mass is 10.2. The number of carbonyl (C=O) groups excluding carboxylic acids is 1. The fourth-order valence-electron chi connectivity index (χ4n) is 1.28. The number of rotatable bonds is 3. The monoisotopic (exact) mass is 245 g/mol. The predicted octanol–water partition coefficient (Wildman–Crippen LogP) is 2.22. The molecule has 1 aromatic heterocycles. The van der Waals surface area contributed by atoms with Crippen LogP contribution >= 0.6 is 11.3 Å². The number of aromatic nitrogens is 1. The molecule has 0 atom stereocenters. The first kappa shape index (κ1) is 11.5. The minimum Gasteiger partial charge on any atom is -0.266 e. The van der Waals surface area contributed by atoms with E-state index < -0.39 is 0 Å². The molecule has 0 aliphatic heterocycles. The molecule has 4 nitrogen and oxygen atoms in total. The second-order valence-electron chi connectivity index (χ2n) is 3.38. The normalized spacial score (nSPS) is 10.6. The van der Waals surface area contributed by atoms with E-state index in [2.05, 4.69) is 15.5 Å². The van der Waals surface area contributed by atoms with Crippen molar-refractivity contribution in [3.63, 3.8) is 0 Å². The van der Waals surface area contributed by atoms with Gasteiger partial charge in [0.1, 0.15) is 4.88 Å². The van der Waals surface area contributed by atoms with Crippen molar-refractivity contribution in [2.45, 2.75) is 6.92 Å². The largest absolute Gasteiger partial charge is 0.283 e. The number of nitrogens with one attached hydrogen (secondary N) is 1. The third-order valence-electron chi connectivity index (χ3n) is 2.13. The molecule has 86 valence electrons. The van der Waals surface area contributed by atoms with Gasteiger partial charge in [-0.05, 0) is 12.5 Å². The van der Waals surface area contributed by atoms with Crippen molar-refractivity contribution in [2.24, 2.45) is 5.10 Å². The highest BCUT2D eigenvalue weighted by Crippen LogP contribution is 2.11. The summed E-state index contributed by atoms with van der Waals surface area (Å²) in [5.74, 6) is -0.225. The maximum Gasteiger partial charge on any atom is 0.283 e. The Bertz CT molecular complexity index is 534. The molecule has 1 N–H and O–H groups in total. The van der Waals surface area contributed by atoms with Crippen molar-refractivity contribution >= 4 is 23.5 Å². The lowest BCUT2D eigenvalue weighted by Gasteiger charge is -1.96. The van der Waals surface area contributed by atoms with Crippen LogP contribution in [0.15, 0.2) is 40.9 Å². The summed E-state index contributed by atoms with van der Waals surface area (Å²) < 4.78 is 0. The van der Waals surface area contributed by atoms with Crippen molar-refractivity contribution in [3.05, 3.63) is 52.0 Å². The van der Waals surface area contributed by atoms with E-state index in [-0.39, 0.29) is 5.91 Å². The third kappa shape index (κ3) is 2.98. The van der Waals surface area contributed by atoms with Gasteiger partial charge >= 0.3 is 0 Å². The van der Waals surface area contributed by atoms with Gasteiger partial charge < -0.3 is 0 Å². The molecule has 1 aromatic carbocycles. The van der Waals surface area contributed by atoms with Crippen LogP contribution in [0.3, 0.4) is 0 Å². The first-order valence-electron chi connectivity index (χ1n) is 5.06. The van der Waals surface area contributed by atoms with Gasteiger partial charge in [0.2, 0.25) is 0 Å². The average molecular weight is 245 g/mol. The summed E-state index contributed by atoms with van der Waals surface area (Å²) in [5.41, 5.74) is 5.78. The molecule has 0 spiro atoms. The van der Waals surface area contributed by atoms with Gasteiger partial charge in [0.15, 0.2) is 0 Å². The first-order chi connectivity index (χ1) is 8.27. The highest BCUT2D eigenvalue weighted by Gasteiger charge is 2.09. The van der Waals surface area contributed by atoms with Gasteiger partial charge in [-0.15, -0.1) is 11.3 Å². The van der Waals surface area contributed by atoms with Crippen LogP contribution in [0.1, 0.15) is 20.9 Å². The van der Waals surface area contributed by atoms with E-state index >= 15 is 0 Å². The number of amides is 1. The standard InChI is InChI=1S/C12H11N3OS/c1-9-11(17-8-13-9)12(16)15-14-7-10-5-3-2-4-6-10/h2-8H,1H3,(H,15,16)/b14-7+. The van der Waals surface area contributed by atoms with Crippen molar-refractivity contribution in [1.82, 2.24) is 10.4 Å². The summed E-state index contributed by atoms with van der Waals surface area (Å²) >= 11 is 1.31. The molecule has 0 saturated heterocycles. The van der Waals surface area contributed by atoms with Crippen molar-refractivity contribution in [1.29, 1.82) is 0 Å². The zero-order valence-electron chi connectivity index (χ0n) is 9.25. The number of hydrazone groups is 1. The Hall–Kier alpha value is -2.01. The van der Waals surface area contributed by atoms with Crippen LogP contribution in [0.5, 0.6) is 0 Å². The molecule has 0 unspecified atom stereocenters. The Labute approximate surface area is 103 Å². The first-order valence-corrected chi connectivity index (χ1v) is 5.94. The fraction of sp³-hybridized carbons (Fsp3) is 0.0833. The van der Waals surface area contributed by atoms with Crippen molar-refractivity contribution in [2.75, 3.05) is 0 Å². The summed E-state index contributed by atoms with van der Waals surface area (Å²) in [5, 5.41) is 3.89. The summed E-state index contributed by atoms with van der Waals surface area (Å²) in [6, 6.07) is 9.57. The molecule has 0 aliphatic rings. The van der Waals surface area contributed by atoms with E-state index in [4.69, 9.17) is 0 Å². The van der Waals surface area contributed by atoms with Gasteiger partial charge in [-0.25, -0.2) is 10.4 Å². The number of carbonyl (C=O) groups is 1. The molecule has 1 heterocycles. The highest BCUT2D eigenvalue weighted by molar-refractivity contribution is 7.11.